The normalized spacial score (nSPS) is 10.9. The Kier molecular flexibility index (Phi) is 7.02. The van der Waals surface area contributed by atoms with E-state index in [0.717, 1.165) is 5.56 Å². The largest absolute Gasteiger partial charge is 0.493 e. The molecule has 0 radical (unpaired) electrons. The molecule has 4 rings (SSSR count). The van der Waals surface area contributed by atoms with Crippen LogP contribution >= 0.6 is 35.0 Å². The van der Waals surface area contributed by atoms with Crippen molar-refractivity contribution in [3.05, 3.63) is 80.6 Å². The van der Waals surface area contributed by atoms with Crippen LogP contribution in [0.15, 0.2) is 64.5 Å². The van der Waals surface area contributed by atoms with E-state index in [4.69, 9.17) is 42.4 Å². The van der Waals surface area contributed by atoms with E-state index in [0.29, 0.717) is 54.8 Å². The number of aromatic nitrogens is 2. The van der Waals surface area contributed by atoms with Crippen LogP contribution in [0.3, 0.4) is 0 Å². The molecule has 1 aromatic heterocycles. The Balaban J connectivity index is 2.03. The predicted octanol–water partition coefficient (Wildman–Crippen LogP) is 6.01. The number of hydrogen-bond donors (Lipinski definition) is 0. The summed E-state index contributed by atoms with van der Waals surface area (Å²) < 4.78 is 18.0. The molecule has 4 aromatic rings. The quantitative estimate of drug-likeness (QED) is 0.227. The molecule has 9 heteroatoms. The van der Waals surface area contributed by atoms with Gasteiger partial charge < -0.3 is 14.2 Å². The number of halogens is 2. The van der Waals surface area contributed by atoms with E-state index >= 15 is 0 Å². The molecule has 0 saturated heterocycles. The number of fused-ring (bicyclic) bond motifs is 1. The highest BCUT2D eigenvalue weighted by molar-refractivity contribution is 7.98. The number of benzene rings is 3. The molecule has 0 bridgehead atoms. The van der Waals surface area contributed by atoms with Gasteiger partial charge in [-0.2, -0.15) is 0 Å². The van der Waals surface area contributed by atoms with Gasteiger partial charge in [-0.3, -0.25) is 9.36 Å². The minimum Gasteiger partial charge on any atom is -0.493 e. The summed E-state index contributed by atoms with van der Waals surface area (Å²) >= 11 is 14.1. The number of methoxy groups -OCH3 is 3. The minimum atomic E-state index is -0.334. The van der Waals surface area contributed by atoms with Crippen molar-refractivity contribution in [1.29, 1.82) is 0 Å². The molecule has 0 atom stereocenters. The molecule has 1 heterocycles. The average Bonchev–Trinajstić information content (AvgIpc) is 2.84. The van der Waals surface area contributed by atoms with Crippen LogP contribution in [-0.4, -0.2) is 30.9 Å². The van der Waals surface area contributed by atoms with Crippen LogP contribution in [0.25, 0.3) is 16.6 Å². The third-order valence-corrected chi connectivity index (χ3v) is 6.56. The Hall–Kier alpha value is -2.87. The van der Waals surface area contributed by atoms with Crippen LogP contribution in [0.5, 0.6) is 17.2 Å². The van der Waals surface area contributed by atoms with E-state index in [1.807, 2.05) is 30.3 Å². The van der Waals surface area contributed by atoms with Crippen LogP contribution < -0.4 is 19.8 Å². The standard InChI is InChI=1S/C24H20Cl2N2O4S/c1-30-19-12-16-20(22(32-3)21(19)31-2)27-24(33-13-14-7-5-4-6-8-14)28(23(16)29)18-11-15(25)9-10-17(18)26/h4-12H,13H2,1-3H3. The van der Waals surface area contributed by atoms with E-state index in [2.05, 4.69) is 0 Å². The van der Waals surface area contributed by atoms with Gasteiger partial charge in [0.1, 0.15) is 5.52 Å². The van der Waals surface area contributed by atoms with Crippen LogP contribution in [0.1, 0.15) is 5.56 Å². The van der Waals surface area contributed by atoms with E-state index in [-0.39, 0.29) is 5.56 Å². The van der Waals surface area contributed by atoms with Crippen molar-refractivity contribution in [2.45, 2.75) is 10.9 Å². The van der Waals surface area contributed by atoms with Gasteiger partial charge in [0.2, 0.25) is 5.75 Å². The molecule has 170 valence electrons. The van der Waals surface area contributed by atoms with Gasteiger partial charge in [-0.05, 0) is 29.8 Å². The molecule has 33 heavy (non-hydrogen) atoms. The number of hydrogen-bond acceptors (Lipinski definition) is 6. The molecule has 0 fully saturated rings. The molecule has 0 saturated carbocycles. The van der Waals surface area contributed by atoms with Crippen molar-refractivity contribution in [2.75, 3.05) is 21.3 Å². The van der Waals surface area contributed by atoms with Gasteiger partial charge in [0.25, 0.3) is 5.56 Å². The average molecular weight is 503 g/mol. The molecule has 0 spiro atoms. The fourth-order valence-electron chi connectivity index (χ4n) is 3.46. The lowest BCUT2D eigenvalue weighted by Crippen LogP contribution is -2.22. The van der Waals surface area contributed by atoms with Gasteiger partial charge in [0.15, 0.2) is 16.7 Å². The Morgan fingerprint density at radius 2 is 1.67 bits per heavy atom. The topological polar surface area (TPSA) is 62.6 Å². The molecular formula is C24H20Cl2N2O4S. The van der Waals surface area contributed by atoms with Crippen LogP contribution in [-0.2, 0) is 5.75 Å². The first kappa shape index (κ1) is 23.3. The maximum atomic E-state index is 13.8. The summed E-state index contributed by atoms with van der Waals surface area (Å²) in [6.07, 6.45) is 0. The maximum Gasteiger partial charge on any atom is 0.266 e. The van der Waals surface area contributed by atoms with Gasteiger partial charge >= 0.3 is 0 Å². The molecule has 0 unspecified atom stereocenters. The van der Waals surface area contributed by atoms with Gasteiger partial charge in [-0.25, -0.2) is 4.98 Å². The smallest absolute Gasteiger partial charge is 0.266 e. The number of thioether (sulfide) groups is 1. The first-order valence-corrected chi connectivity index (χ1v) is 11.6. The SMILES string of the molecule is COc1cc2c(=O)n(-c3cc(Cl)ccc3Cl)c(SCc3ccccc3)nc2c(OC)c1OC. The summed E-state index contributed by atoms with van der Waals surface area (Å²) in [5, 5.41) is 1.55. The second kappa shape index (κ2) is 9.95. The molecule has 0 amide bonds. The van der Waals surface area contributed by atoms with Crippen molar-refractivity contribution in [3.8, 4) is 22.9 Å². The number of ether oxygens (including phenoxy) is 3. The Morgan fingerprint density at radius 1 is 0.939 bits per heavy atom. The van der Waals surface area contributed by atoms with Crippen molar-refractivity contribution >= 4 is 45.9 Å². The molecular weight excluding hydrogens is 483 g/mol. The van der Waals surface area contributed by atoms with E-state index in [9.17, 15) is 4.79 Å². The summed E-state index contributed by atoms with van der Waals surface area (Å²) in [6.45, 7) is 0. The first-order valence-electron chi connectivity index (χ1n) is 9.86. The fraction of sp³-hybridized carbons (Fsp3) is 0.167. The van der Waals surface area contributed by atoms with Crippen molar-refractivity contribution in [1.82, 2.24) is 9.55 Å². The first-order chi connectivity index (χ1) is 16.0. The molecule has 0 aliphatic carbocycles. The number of nitrogens with zero attached hydrogens (tertiary/aromatic N) is 2. The second-order valence-electron chi connectivity index (χ2n) is 6.95. The van der Waals surface area contributed by atoms with E-state index < -0.39 is 0 Å². The van der Waals surface area contributed by atoms with Crippen LogP contribution in [0.4, 0.5) is 0 Å². The maximum absolute atomic E-state index is 13.8. The zero-order chi connectivity index (χ0) is 23.5. The molecule has 3 aromatic carbocycles. The van der Waals surface area contributed by atoms with Gasteiger partial charge in [-0.1, -0.05) is 65.3 Å². The van der Waals surface area contributed by atoms with E-state index in [1.54, 1.807) is 24.3 Å². The van der Waals surface area contributed by atoms with Gasteiger partial charge in [-0.15, -0.1) is 0 Å². The predicted molar refractivity (Wildman–Crippen MR) is 133 cm³/mol. The monoisotopic (exact) mass is 502 g/mol. The molecule has 0 aliphatic rings. The second-order valence-corrected chi connectivity index (χ2v) is 8.73. The highest BCUT2D eigenvalue weighted by atomic mass is 35.5. The Labute approximate surface area is 205 Å². The molecule has 0 N–H and O–H groups in total. The summed E-state index contributed by atoms with van der Waals surface area (Å²) in [5.74, 6) is 1.62. The zero-order valence-electron chi connectivity index (χ0n) is 18.1. The zero-order valence-corrected chi connectivity index (χ0v) is 20.4. The third kappa shape index (κ3) is 4.49. The van der Waals surface area contributed by atoms with Crippen molar-refractivity contribution in [2.24, 2.45) is 0 Å². The van der Waals surface area contributed by atoms with Crippen molar-refractivity contribution < 1.29 is 14.2 Å². The number of rotatable bonds is 7. The van der Waals surface area contributed by atoms with Crippen LogP contribution in [0.2, 0.25) is 10.0 Å². The lowest BCUT2D eigenvalue weighted by Gasteiger charge is -2.18. The molecule has 0 aliphatic heterocycles. The Bertz CT molecular complexity index is 1380. The highest BCUT2D eigenvalue weighted by Crippen LogP contribution is 2.42. The van der Waals surface area contributed by atoms with E-state index in [1.165, 1.54) is 37.7 Å². The summed E-state index contributed by atoms with van der Waals surface area (Å²) in [4.78, 5) is 18.6. The molecule has 6 nitrogen and oxygen atoms in total. The van der Waals surface area contributed by atoms with Gasteiger partial charge in [0.05, 0.1) is 37.4 Å². The minimum absolute atomic E-state index is 0.296. The summed E-state index contributed by atoms with van der Waals surface area (Å²) in [7, 11) is 4.49. The summed E-state index contributed by atoms with van der Waals surface area (Å²) in [6, 6.07) is 16.5. The fourth-order valence-corrected chi connectivity index (χ4v) is 4.78. The highest BCUT2D eigenvalue weighted by Gasteiger charge is 2.23. The Morgan fingerprint density at radius 3 is 2.33 bits per heavy atom. The van der Waals surface area contributed by atoms with Crippen molar-refractivity contribution in [3.63, 3.8) is 0 Å². The lowest BCUT2D eigenvalue weighted by molar-refractivity contribution is 0.326. The summed E-state index contributed by atoms with van der Waals surface area (Å²) in [5.41, 5.74) is 1.55. The van der Waals surface area contributed by atoms with Crippen LogP contribution in [0, 0.1) is 0 Å². The van der Waals surface area contributed by atoms with Gasteiger partial charge in [0, 0.05) is 10.8 Å². The third-order valence-electron chi connectivity index (χ3n) is 5.00. The lowest BCUT2D eigenvalue weighted by atomic mass is 10.2.